The molecule has 0 saturated carbocycles. The Morgan fingerprint density at radius 3 is 2.67 bits per heavy atom. The maximum Gasteiger partial charge on any atom is 1.00 e. The minimum Gasteiger partial charge on any atom is -1.00 e. The van der Waals surface area contributed by atoms with Crippen LogP contribution in [0.4, 0.5) is 0 Å². The van der Waals surface area contributed by atoms with E-state index < -0.39 is 10.8 Å². The zero-order valence-corrected chi connectivity index (χ0v) is 13.0. The summed E-state index contributed by atoms with van der Waals surface area (Å²) in [4.78, 5) is 0. The normalized spacial score (nSPS) is 23.2. The zero-order valence-electron chi connectivity index (χ0n) is 11.2. The van der Waals surface area contributed by atoms with Crippen molar-refractivity contribution in [3.05, 3.63) is 42.1 Å². The van der Waals surface area contributed by atoms with Gasteiger partial charge in [0.15, 0.2) is 11.2 Å². The number of benzene rings is 1. The topological polar surface area (TPSA) is 55.6 Å². The van der Waals surface area contributed by atoms with Gasteiger partial charge in [0, 0.05) is 17.9 Å². The van der Waals surface area contributed by atoms with Gasteiger partial charge >= 0.3 is 29.6 Å². The van der Waals surface area contributed by atoms with Crippen molar-refractivity contribution in [2.24, 2.45) is 0 Å². The van der Waals surface area contributed by atoms with Gasteiger partial charge in [-0.15, -0.1) is 0 Å². The Labute approximate surface area is 131 Å². The Morgan fingerprint density at radius 1 is 1.33 bits per heavy atom. The summed E-state index contributed by atoms with van der Waals surface area (Å²) in [5.41, 5.74) is 1.45. The molecule has 4 nitrogen and oxygen atoms in total. The summed E-state index contributed by atoms with van der Waals surface area (Å²) >= 11 is 0. The van der Waals surface area contributed by atoms with Gasteiger partial charge in [-0.3, -0.25) is 4.21 Å². The van der Waals surface area contributed by atoms with Crippen LogP contribution in [-0.2, 0) is 15.5 Å². The van der Waals surface area contributed by atoms with Crippen molar-refractivity contribution < 1.29 is 44.5 Å². The average Bonchev–Trinajstić information content (AvgIpc) is 3.01. The molecule has 0 radical (unpaired) electrons. The third-order valence-corrected chi connectivity index (χ3v) is 3.67. The molecule has 1 aromatic carbocycles. The monoisotopic (exact) mass is 273 g/mol. The van der Waals surface area contributed by atoms with Crippen LogP contribution in [0.15, 0.2) is 40.9 Å². The molecule has 0 N–H and O–H groups in total. The molecule has 0 aliphatic carbocycles. The molecule has 3 unspecified atom stereocenters. The van der Waals surface area contributed by atoms with E-state index in [-0.39, 0.29) is 42.5 Å². The summed E-state index contributed by atoms with van der Waals surface area (Å²) in [6.07, 6.45) is 1.45. The molecular formula is C12H12NNaO3S. The molecule has 3 rings (SSSR count). The van der Waals surface area contributed by atoms with Crippen molar-refractivity contribution >= 4 is 10.8 Å². The summed E-state index contributed by atoms with van der Waals surface area (Å²) in [5.74, 6) is 0.705. The van der Waals surface area contributed by atoms with E-state index in [0.29, 0.717) is 11.5 Å². The van der Waals surface area contributed by atoms with Crippen molar-refractivity contribution in [1.82, 2.24) is 5.16 Å². The molecule has 1 aromatic heterocycles. The molecule has 3 atom stereocenters. The molecule has 2 heterocycles. The molecule has 1 aliphatic rings. The van der Waals surface area contributed by atoms with E-state index in [0.717, 1.165) is 5.56 Å². The molecule has 1 fully saturated rings. The van der Waals surface area contributed by atoms with Crippen molar-refractivity contribution in [2.45, 2.75) is 11.5 Å². The minimum absolute atomic E-state index is 0. The number of hydrogen-bond donors (Lipinski definition) is 0. The van der Waals surface area contributed by atoms with Gasteiger partial charge in [0.2, 0.25) is 0 Å². The molecule has 6 heteroatoms. The Hall–Kier alpha value is -0.460. The van der Waals surface area contributed by atoms with E-state index in [9.17, 15) is 4.21 Å². The summed E-state index contributed by atoms with van der Waals surface area (Å²) in [6, 6.07) is 11.6. The predicted octanol–water partition coefficient (Wildman–Crippen LogP) is -0.766. The maximum absolute atomic E-state index is 11.2. The summed E-state index contributed by atoms with van der Waals surface area (Å²) in [5, 5.41) is 3.95. The van der Waals surface area contributed by atoms with Gasteiger partial charge in [-0.1, -0.05) is 35.5 Å². The first-order valence-corrected chi connectivity index (χ1v) is 6.87. The summed E-state index contributed by atoms with van der Waals surface area (Å²) < 4.78 is 21.7. The van der Waals surface area contributed by atoms with Gasteiger partial charge in [-0.05, 0) is 0 Å². The molecule has 0 bridgehead atoms. The third kappa shape index (κ3) is 2.75. The molecule has 0 amide bonds. The van der Waals surface area contributed by atoms with Crippen molar-refractivity contribution in [3.8, 4) is 11.3 Å². The van der Waals surface area contributed by atoms with E-state index >= 15 is 0 Å². The first-order chi connectivity index (χ1) is 8.25. The standard InChI is InChI=1S/C12H11NO3S.Na.H/c1-17(14)12-11(15-12)9-7-10(16-13-9)8-5-3-2-4-6-8;;/h2-7,11-12H,1H3;;/q;+1;-1. The molecule has 90 valence electrons. The smallest absolute Gasteiger partial charge is 1.00 e. The second kappa shape index (κ2) is 5.67. The van der Waals surface area contributed by atoms with E-state index in [1.807, 2.05) is 36.4 Å². The number of rotatable bonds is 3. The molecule has 1 saturated heterocycles. The summed E-state index contributed by atoms with van der Waals surface area (Å²) in [6.45, 7) is 0. The van der Waals surface area contributed by atoms with Crippen molar-refractivity contribution in [1.29, 1.82) is 0 Å². The van der Waals surface area contributed by atoms with Gasteiger partial charge in [-0.25, -0.2) is 0 Å². The van der Waals surface area contributed by atoms with Crippen LogP contribution in [-0.4, -0.2) is 21.1 Å². The van der Waals surface area contributed by atoms with Gasteiger partial charge < -0.3 is 10.7 Å². The van der Waals surface area contributed by atoms with E-state index in [2.05, 4.69) is 5.16 Å². The van der Waals surface area contributed by atoms with Gasteiger partial charge in [0.1, 0.15) is 11.8 Å². The second-order valence-corrected chi connectivity index (χ2v) is 5.37. The third-order valence-electron chi connectivity index (χ3n) is 2.66. The maximum atomic E-state index is 11.2. The van der Waals surface area contributed by atoms with Crippen LogP contribution in [0.5, 0.6) is 0 Å². The Morgan fingerprint density at radius 2 is 2.06 bits per heavy atom. The summed E-state index contributed by atoms with van der Waals surface area (Å²) in [7, 11) is -0.976. The molecule has 1 aliphatic heterocycles. The second-order valence-electron chi connectivity index (χ2n) is 3.91. The quantitative estimate of drug-likeness (QED) is 0.544. The fraction of sp³-hybridized carbons (Fsp3) is 0.250. The van der Waals surface area contributed by atoms with Crippen LogP contribution in [0.3, 0.4) is 0 Å². The number of epoxide rings is 1. The Kier molecular flexibility index (Phi) is 4.40. The first-order valence-electron chi connectivity index (χ1n) is 5.25. The van der Waals surface area contributed by atoms with E-state index in [4.69, 9.17) is 9.26 Å². The SMILES string of the molecule is CS(=O)C1OC1c1cc(-c2ccccc2)on1.[H-].[Na+]. The van der Waals surface area contributed by atoms with Crippen molar-refractivity contribution in [3.63, 3.8) is 0 Å². The average molecular weight is 273 g/mol. The molecule has 2 aromatic rings. The Balaban J connectivity index is 0.000000902. The van der Waals surface area contributed by atoms with Crippen LogP contribution >= 0.6 is 0 Å². The van der Waals surface area contributed by atoms with E-state index in [1.54, 1.807) is 6.26 Å². The fourth-order valence-corrected chi connectivity index (χ4v) is 2.49. The first kappa shape index (κ1) is 14.0. The van der Waals surface area contributed by atoms with Crippen LogP contribution in [0.25, 0.3) is 11.3 Å². The van der Waals surface area contributed by atoms with Crippen LogP contribution in [0.2, 0.25) is 0 Å². The predicted molar refractivity (Wildman–Crippen MR) is 64.7 cm³/mol. The molecule has 18 heavy (non-hydrogen) atoms. The van der Waals surface area contributed by atoms with Crippen LogP contribution in [0, 0.1) is 0 Å². The van der Waals surface area contributed by atoms with Gasteiger partial charge in [0.05, 0.1) is 10.8 Å². The molecule has 0 spiro atoms. The van der Waals surface area contributed by atoms with Crippen LogP contribution < -0.4 is 29.6 Å². The zero-order chi connectivity index (χ0) is 11.8. The fourth-order valence-electron chi connectivity index (χ4n) is 1.72. The number of nitrogens with zero attached hydrogens (tertiary/aromatic N) is 1. The minimum atomic E-state index is -0.976. The number of hydrogen-bond acceptors (Lipinski definition) is 4. The van der Waals surface area contributed by atoms with E-state index in [1.165, 1.54) is 0 Å². The van der Waals surface area contributed by atoms with Gasteiger partial charge in [-0.2, -0.15) is 0 Å². The molecular weight excluding hydrogens is 261 g/mol. The van der Waals surface area contributed by atoms with Crippen molar-refractivity contribution in [2.75, 3.05) is 6.26 Å². The van der Waals surface area contributed by atoms with Crippen LogP contribution in [0.1, 0.15) is 13.2 Å². The number of ether oxygens (including phenoxy) is 1. The largest absolute Gasteiger partial charge is 1.00 e. The van der Waals surface area contributed by atoms with Gasteiger partial charge in [0.25, 0.3) is 0 Å². The Bertz CT molecular complexity index is 563. The number of aromatic nitrogens is 1.